The van der Waals surface area contributed by atoms with Crippen molar-refractivity contribution in [3.63, 3.8) is 0 Å². The molecule has 9 nitrogen and oxygen atoms in total. The molecule has 1 aliphatic heterocycles. The minimum Gasteiger partial charge on any atom is -0.438 e. The monoisotopic (exact) mass is 471 g/mol. The van der Waals surface area contributed by atoms with Crippen molar-refractivity contribution in [1.82, 2.24) is 10.3 Å². The number of nitrogens with two attached hydrogens (primary N) is 1. The maximum absolute atomic E-state index is 12.5. The molecule has 0 bridgehead atoms. The van der Waals surface area contributed by atoms with Crippen molar-refractivity contribution < 1.29 is 19.1 Å². The van der Waals surface area contributed by atoms with Gasteiger partial charge >= 0.3 is 0 Å². The smallest absolute Gasteiger partial charge is 0.255 e. The van der Waals surface area contributed by atoms with Gasteiger partial charge in [-0.2, -0.15) is 4.98 Å². The van der Waals surface area contributed by atoms with Crippen LogP contribution < -0.4 is 26.0 Å². The molecular weight excluding hydrogens is 446 g/mol. The van der Waals surface area contributed by atoms with Crippen LogP contribution in [0.5, 0.6) is 11.6 Å². The van der Waals surface area contributed by atoms with E-state index in [4.69, 9.17) is 10.5 Å². The molecule has 1 unspecified atom stereocenters. The highest BCUT2D eigenvalue weighted by molar-refractivity contribution is 6.04. The van der Waals surface area contributed by atoms with Gasteiger partial charge in [0.25, 0.3) is 11.8 Å². The molecule has 1 aromatic heterocycles. The van der Waals surface area contributed by atoms with E-state index in [9.17, 15) is 14.4 Å². The van der Waals surface area contributed by atoms with E-state index in [2.05, 4.69) is 22.2 Å². The van der Waals surface area contributed by atoms with E-state index < -0.39 is 5.91 Å². The zero-order chi connectivity index (χ0) is 24.8. The highest BCUT2D eigenvalue weighted by Gasteiger charge is 2.25. The predicted molar refractivity (Wildman–Crippen MR) is 133 cm³/mol. The van der Waals surface area contributed by atoms with Gasteiger partial charge in [0.2, 0.25) is 11.8 Å². The third-order valence-corrected chi connectivity index (χ3v) is 5.52. The summed E-state index contributed by atoms with van der Waals surface area (Å²) in [7, 11) is 0. The van der Waals surface area contributed by atoms with Crippen molar-refractivity contribution in [3.8, 4) is 11.6 Å². The fourth-order valence-electron chi connectivity index (χ4n) is 3.73. The predicted octanol–water partition coefficient (Wildman–Crippen LogP) is 3.11. The summed E-state index contributed by atoms with van der Waals surface area (Å²) in [6.07, 6.45) is 1.99. The van der Waals surface area contributed by atoms with Gasteiger partial charge in [0, 0.05) is 30.4 Å². The molecule has 1 aliphatic rings. The van der Waals surface area contributed by atoms with Crippen LogP contribution in [0.4, 0.5) is 11.5 Å². The van der Waals surface area contributed by atoms with Gasteiger partial charge in [-0.3, -0.25) is 14.4 Å². The lowest BCUT2D eigenvalue weighted by Crippen LogP contribution is -2.36. The zero-order valence-electron chi connectivity index (χ0n) is 18.9. The van der Waals surface area contributed by atoms with Gasteiger partial charge in [0.05, 0.1) is 0 Å². The Morgan fingerprint density at radius 2 is 1.80 bits per heavy atom. The molecule has 2 heterocycles. The Kier molecular flexibility index (Phi) is 7.06. The Morgan fingerprint density at radius 1 is 1.06 bits per heavy atom. The van der Waals surface area contributed by atoms with E-state index in [0.717, 1.165) is 6.42 Å². The number of hydrogen-bond acceptors (Lipinski definition) is 6. The number of amides is 3. The van der Waals surface area contributed by atoms with Crippen LogP contribution in [0.15, 0.2) is 79.4 Å². The van der Waals surface area contributed by atoms with Crippen molar-refractivity contribution in [3.05, 3.63) is 90.5 Å². The number of benzene rings is 2. The molecule has 0 radical (unpaired) electrons. The largest absolute Gasteiger partial charge is 0.438 e. The lowest BCUT2D eigenvalue weighted by Gasteiger charge is -2.19. The summed E-state index contributed by atoms with van der Waals surface area (Å²) in [6.45, 7) is 4.71. The number of ether oxygens (including phenoxy) is 1. The minimum absolute atomic E-state index is 0.0305. The maximum atomic E-state index is 12.5. The first-order valence-corrected chi connectivity index (χ1v) is 11.1. The van der Waals surface area contributed by atoms with Gasteiger partial charge in [-0.05, 0) is 61.0 Å². The van der Waals surface area contributed by atoms with Gasteiger partial charge in [-0.15, -0.1) is 0 Å². The fourth-order valence-corrected chi connectivity index (χ4v) is 3.73. The van der Waals surface area contributed by atoms with Gasteiger partial charge in [0.1, 0.15) is 17.1 Å². The lowest BCUT2D eigenvalue weighted by molar-refractivity contribution is -0.117. The first-order chi connectivity index (χ1) is 16.9. The number of primary amides is 1. The quantitative estimate of drug-likeness (QED) is 0.433. The molecule has 35 heavy (non-hydrogen) atoms. The van der Waals surface area contributed by atoms with Crippen LogP contribution in [0.3, 0.4) is 0 Å². The van der Waals surface area contributed by atoms with Crippen molar-refractivity contribution >= 4 is 29.2 Å². The molecule has 4 N–H and O–H groups in total. The highest BCUT2D eigenvalue weighted by atomic mass is 16.5. The van der Waals surface area contributed by atoms with Gasteiger partial charge in [-0.1, -0.05) is 24.8 Å². The van der Waals surface area contributed by atoms with Crippen LogP contribution in [-0.4, -0.2) is 41.8 Å². The number of aromatic nitrogens is 1. The third kappa shape index (κ3) is 5.83. The molecule has 4 rings (SSSR count). The van der Waals surface area contributed by atoms with Crippen LogP contribution in [0.2, 0.25) is 0 Å². The van der Waals surface area contributed by atoms with Crippen LogP contribution in [0.1, 0.15) is 27.1 Å². The van der Waals surface area contributed by atoms with Crippen LogP contribution in [-0.2, 0) is 4.79 Å². The van der Waals surface area contributed by atoms with Crippen molar-refractivity contribution in [2.45, 2.75) is 12.5 Å². The summed E-state index contributed by atoms with van der Waals surface area (Å²) in [6, 6.07) is 18.9. The molecule has 1 fully saturated rings. The number of hydrogen-bond donors (Lipinski definition) is 3. The molecule has 2 aromatic carbocycles. The summed E-state index contributed by atoms with van der Waals surface area (Å²) in [5.41, 5.74) is 6.79. The third-order valence-electron chi connectivity index (χ3n) is 5.52. The number of pyridine rings is 1. The van der Waals surface area contributed by atoms with Crippen LogP contribution in [0.25, 0.3) is 0 Å². The number of rotatable bonds is 8. The molecule has 9 heteroatoms. The molecular formula is C26H25N5O4. The molecule has 3 aromatic rings. The summed E-state index contributed by atoms with van der Waals surface area (Å²) in [5, 5.41) is 5.70. The molecule has 0 aliphatic carbocycles. The maximum Gasteiger partial charge on any atom is 0.255 e. The van der Waals surface area contributed by atoms with E-state index in [0.29, 0.717) is 35.9 Å². The second-order valence-electron chi connectivity index (χ2n) is 7.98. The second-order valence-corrected chi connectivity index (χ2v) is 7.98. The number of para-hydroxylation sites is 1. The van der Waals surface area contributed by atoms with Crippen molar-refractivity contribution in [2.24, 2.45) is 5.73 Å². The lowest BCUT2D eigenvalue weighted by atomic mass is 10.2. The SMILES string of the molecule is C=CC(=O)NC1CCN(c2ccc(C(N)=O)c(Oc3ccc(C(=O)Nc4ccccc4)cc3)n2)C1. The number of carbonyl (C=O) groups excluding carboxylic acids is 3. The van der Waals surface area contributed by atoms with Crippen molar-refractivity contribution in [1.29, 1.82) is 0 Å². The van der Waals surface area contributed by atoms with E-state index in [1.54, 1.807) is 48.5 Å². The standard InChI is InChI=1S/C26H25N5O4/c1-2-23(32)28-19-14-15-31(16-19)22-13-12-21(24(27)33)26(30-22)35-20-10-8-17(9-11-20)25(34)29-18-6-4-3-5-7-18/h2-13,19H,1,14-16H2,(H2,27,33)(H,28,32)(H,29,34). The summed E-state index contributed by atoms with van der Waals surface area (Å²) in [5.74, 6) is -0.0951. The number of nitrogens with zero attached hydrogens (tertiary/aromatic N) is 2. The van der Waals surface area contributed by atoms with Crippen LogP contribution in [0, 0.1) is 0 Å². The summed E-state index contributed by atoms with van der Waals surface area (Å²) in [4.78, 5) is 42.5. The zero-order valence-corrected chi connectivity index (χ0v) is 18.9. The Hall–Kier alpha value is -4.66. The summed E-state index contributed by atoms with van der Waals surface area (Å²) < 4.78 is 5.88. The molecule has 1 saturated heterocycles. The number of nitrogens with one attached hydrogen (secondary N) is 2. The average molecular weight is 472 g/mol. The average Bonchev–Trinajstić information content (AvgIpc) is 3.33. The van der Waals surface area contributed by atoms with E-state index in [1.807, 2.05) is 23.1 Å². The van der Waals surface area contributed by atoms with E-state index in [-0.39, 0.29) is 29.3 Å². The summed E-state index contributed by atoms with van der Waals surface area (Å²) >= 11 is 0. The topological polar surface area (TPSA) is 127 Å². The van der Waals surface area contributed by atoms with Crippen LogP contribution >= 0.6 is 0 Å². The normalized spacial score (nSPS) is 14.7. The Morgan fingerprint density at radius 3 is 2.49 bits per heavy atom. The van der Waals surface area contributed by atoms with Gasteiger partial charge in [-0.25, -0.2) is 0 Å². The number of anilines is 2. The molecule has 3 amide bonds. The molecule has 1 atom stereocenters. The number of carbonyl (C=O) groups is 3. The Labute approximate surface area is 202 Å². The molecule has 178 valence electrons. The van der Waals surface area contributed by atoms with E-state index >= 15 is 0 Å². The molecule has 0 spiro atoms. The highest BCUT2D eigenvalue weighted by Crippen LogP contribution is 2.28. The fraction of sp³-hybridized carbons (Fsp3) is 0.154. The van der Waals surface area contributed by atoms with E-state index in [1.165, 1.54) is 6.08 Å². The first kappa shape index (κ1) is 23.5. The Bertz CT molecular complexity index is 1240. The van der Waals surface area contributed by atoms with Crippen molar-refractivity contribution in [2.75, 3.05) is 23.3 Å². The minimum atomic E-state index is -0.671. The second kappa shape index (κ2) is 10.5. The Balaban J connectivity index is 1.48. The van der Waals surface area contributed by atoms with Gasteiger partial charge in [0.15, 0.2) is 0 Å². The molecule has 0 saturated carbocycles. The first-order valence-electron chi connectivity index (χ1n) is 11.1. The van der Waals surface area contributed by atoms with Gasteiger partial charge < -0.3 is 26.0 Å².